The van der Waals surface area contributed by atoms with Crippen LogP contribution in [0.5, 0.6) is 0 Å². The lowest BCUT2D eigenvalue weighted by atomic mass is 10.0. The summed E-state index contributed by atoms with van der Waals surface area (Å²) in [6.07, 6.45) is -1.80. The number of fused-ring (bicyclic) bond motifs is 2. The van der Waals surface area contributed by atoms with Crippen molar-refractivity contribution in [3.05, 3.63) is 71.8 Å². The Bertz CT molecular complexity index is 710. The van der Waals surface area contributed by atoms with Gasteiger partial charge in [0.05, 0.1) is 17.7 Å². The van der Waals surface area contributed by atoms with Crippen LogP contribution in [-0.2, 0) is 18.9 Å². The van der Waals surface area contributed by atoms with Gasteiger partial charge in [0.2, 0.25) is 0 Å². The molecule has 4 rings (SSSR count). The first kappa shape index (κ1) is 16.8. The Kier molecular flexibility index (Phi) is 4.69. The first-order valence-electron chi connectivity index (χ1n) is 8.50. The second-order valence-electron chi connectivity index (χ2n) is 6.23. The molecule has 6 heteroatoms. The zero-order valence-corrected chi connectivity index (χ0v) is 13.9. The molecule has 2 bridgehead atoms. The van der Waals surface area contributed by atoms with Gasteiger partial charge in [-0.2, -0.15) is 0 Å². The Morgan fingerprint density at radius 2 is 1.35 bits per heavy atom. The fourth-order valence-electron chi connectivity index (χ4n) is 3.11. The lowest BCUT2D eigenvalue weighted by Gasteiger charge is -2.32. The standard InChI is InChI=1S/C20H18O6/c21-18(13-7-3-1-4-8-13)24-15-11-16(20-23-12-17(15)26-20)25-19(22)14-9-5-2-6-10-14/h1-10,15-17,20H,11-12H2/t15-,16+,17+,20?/m0/s1. The number of hydrogen-bond donors (Lipinski definition) is 0. The molecule has 2 heterocycles. The first-order chi connectivity index (χ1) is 12.7. The van der Waals surface area contributed by atoms with Crippen LogP contribution in [0.3, 0.4) is 0 Å². The molecule has 0 saturated carbocycles. The maximum absolute atomic E-state index is 12.3. The Balaban J connectivity index is 1.43. The van der Waals surface area contributed by atoms with Gasteiger partial charge in [-0.1, -0.05) is 36.4 Å². The third-order valence-electron chi connectivity index (χ3n) is 4.45. The molecule has 2 aliphatic rings. The molecule has 0 amide bonds. The van der Waals surface area contributed by atoms with Gasteiger partial charge in [0, 0.05) is 6.42 Å². The average molecular weight is 354 g/mol. The van der Waals surface area contributed by atoms with Crippen molar-refractivity contribution in [3.63, 3.8) is 0 Å². The largest absolute Gasteiger partial charge is 0.456 e. The molecule has 2 aromatic carbocycles. The molecule has 4 atom stereocenters. The van der Waals surface area contributed by atoms with Crippen LogP contribution in [0.15, 0.2) is 60.7 Å². The van der Waals surface area contributed by atoms with Gasteiger partial charge in [0.1, 0.15) is 12.2 Å². The molecule has 0 aliphatic carbocycles. The minimum absolute atomic E-state index is 0.302. The van der Waals surface area contributed by atoms with E-state index in [4.69, 9.17) is 18.9 Å². The molecule has 134 valence electrons. The summed E-state index contributed by atoms with van der Waals surface area (Å²) in [5.74, 6) is -0.890. The lowest BCUT2D eigenvalue weighted by Crippen LogP contribution is -2.46. The molecule has 6 nitrogen and oxygen atoms in total. The molecule has 2 saturated heterocycles. The summed E-state index contributed by atoms with van der Waals surface area (Å²) in [5, 5.41) is 0. The molecule has 2 aromatic rings. The van der Waals surface area contributed by atoms with Crippen molar-refractivity contribution in [1.29, 1.82) is 0 Å². The minimum Gasteiger partial charge on any atom is -0.456 e. The molecule has 1 unspecified atom stereocenters. The van der Waals surface area contributed by atoms with Gasteiger partial charge in [-0.25, -0.2) is 9.59 Å². The van der Waals surface area contributed by atoms with Gasteiger partial charge < -0.3 is 18.9 Å². The zero-order valence-electron chi connectivity index (χ0n) is 13.9. The number of benzene rings is 2. The zero-order chi connectivity index (χ0) is 17.9. The highest BCUT2D eigenvalue weighted by atomic mass is 16.8. The number of esters is 2. The van der Waals surface area contributed by atoms with E-state index in [-0.39, 0.29) is 6.10 Å². The van der Waals surface area contributed by atoms with Crippen LogP contribution < -0.4 is 0 Å². The van der Waals surface area contributed by atoms with Crippen molar-refractivity contribution < 1.29 is 28.5 Å². The van der Waals surface area contributed by atoms with E-state index in [1.54, 1.807) is 48.5 Å². The summed E-state index contributed by atoms with van der Waals surface area (Å²) in [6.45, 7) is 0.302. The van der Waals surface area contributed by atoms with Gasteiger partial charge in [-0.15, -0.1) is 0 Å². The Morgan fingerprint density at radius 3 is 1.92 bits per heavy atom. The SMILES string of the molecule is O=C(O[C@H]1C[C@@H](OC(=O)c2ccccc2)C2OC[C@H]1O2)c1ccccc1. The normalized spacial score (nSPS) is 26.9. The smallest absolute Gasteiger partial charge is 0.338 e. The molecular formula is C20H18O6. The predicted molar refractivity (Wildman–Crippen MR) is 90.5 cm³/mol. The van der Waals surface area contributed by atoms with Gasteiger partial charge in [0.25, 0.3) is 0 Å². The predicted octanol–water partition coefficient (Wildman–Crippen LogP) is 2.58. The van der Waals surface area contributed by atoms with Crippen LogP contribution in [0.2, 0.25) is 0 Å². The maximum Gasteiger partial charge on any atom is 0.338 e. The molecular weight excluding hydrogens is 336 g/mol. The number of carbonyl (C=O) groups is 2. The third-order valence-corrected chi connectivity index (χ3v) is 4.45. The molecule has 0 N–H and O–H groups in total. The van der Waals surface area contributed by atoms with Crippen LogP contribution in [0.4, 0.5) is 0 Å². The summed E-state index contributed by atoms with van der Waals surface area (Å²) in [4.78, 5) is 24.6. The van der Waals surface area contributed by atoms with Crippen LogP contribution >= 0.6 is 0 Å². The topological polar surface area (TPSA) is 71.1 Å². The van der Waals surface area contributed by atoms with Crippen LogP contribution in [0.1, 0.15) is 27.1 Å². The number of rotatable bonds is 4. The quantitative estimate of drug-likeness (QED) is 0.786. The number of ether oxygens (including phenoxy) is 4. The maximum atomic E-state index is 12.3. The highest BCUT2D eigenvalue weighted by Crippen LogP contribution is 2.32. The molecule has 2 aliphatic heterocycles. The highest BCUT2D eigenvalue weighted by Gasteiger charge is 2.47. The van der Waals surface area contributed by atoms with Gasteiger partial charge in [0.15, 0.2) is 12.4 Å². The van der Waals surface area contributed by atoms with Crippen molar-refractivity contribution in [2.45, 2.75) is 31.0 Å². The molecule has 26 heavy (non-hydrogen) atoms. The third kappa shape index (κ3) is 3.47. The number of carbonyl (C=O) groups excluding carboxylic acids is 2. The fourth-order valence-corrected chi connectivity index (χ4v) is 3.11. The summed E-state index contributed by atoms with van der Waals surface area (Å²) >= 11 is 0. The van der Waals surface area contributed by atoms with Crippen LogP contribution in [0, 0.1) is 0 Å². The summed E-state index contributed by atoms with van der Waals surface area (Å²) in [7, 11) is 0. The molecule has 0 radical (unpaired) electrons. The second-order valence-corrected chi connectivity index (χ2v) is 6.23. The monoisotopic (exact) mass is 354 g/mol. The van der Waals surface area contributed by atoms with Crippen molar-refractivity contribution >= 4 is 11.9 Å². The number of hydrogen-bond acceptors (Lipinski definition) is 6. The van der Waals surface area contributed by atoms with E-state index in [2.05, 4.69) is 0 Å². The second kappa shape index (κ2) is 7.27. The van der Waals surface area contributed by atoms with Crippen molar-refractivity contribution in [2.75, 3.05) is 6.61 Å². The Labute approximate surface area is 150 Å². The van der Waals surface area contributed by atoms with E-state index in [1.165, 1.54) is 0 Å². The summed E-state index contributed by atoms with van der Waals surface area (Å²) in [5.41, 5.74) is 0.914. The highest BCUT2D eigenvalue weighted by molar-refractivity contribution is 5.90. The average Bonchev–Trinajstić information content (AvgIpc) is 3.12. The molecule has 0 aromatic heterocycles. The lowest BCUT2D eigenvalue weighted by molar-refractivity contribution is -0.183. The summed E-state index contributed by atoms with van der Waals surface area (Å²) < 4.78 is 22.4. The van der Waals surface area contributed by atoms with E-state index in [0.29, 0.717) is 24.2 Å². The van der Waals surface area contributed by atoms with E-state index >= 15 is 0 Å². The van der Waals surface area contributed by atoms with Crippen molar-refractivity contribution in [1.82, 2.24) is 0 Å². The minimum atomic E-state index is -0.630. The van der Waals surface area contributed by atoms with E-state index < -0.39 is 30.4 Å². The Morgan fingerprint density at radius 1 is 0.808 bits per heavy atom. The van der Waals surface area contributed by atoms with E-state index in [1.807, 2.05) is 12.1 Å². The van der Waals surface area contributed by atoms with Gasteiger partial charge in [-0.3, -0.25) is 0 Å². The fraction of sp³-hybridized carbons (Fsp3) is 0.300. The Hall–Kier alpha value is -2.70. The summed E-state index contributed by atoms with van der Waals surface area (Å²) in [6, 6.07) is 17.5. The van der Waals surface area contributed by atoms with Gasteiger partial charge in [-0.05, 0) is 24.3 Å². The van der Waals surface area contributed by atoms with Crippen LogP contribution in [-0.4, -0.2) is 43.1 Å². The van der Waals surface area contributed by atoms with E-state index in [9.17, 15) is 9.59 Å². The van der Waals surface area contributed by atoms with Crippen LogP contribution in [0.25, 0.3) is 0 Å². The van der Waals surface area contributed by atoms with Crippen molar-refractivity contribution in [2.24, 2.45) is 0 Å². The van der Waals surface area contributed by atoms with E-state index in [0.717, 1.165) is 0 Å². The molecule has 0 spiro atoms. The van der Waals surface area contributed by atoms with Crippen molar-refractivity contribution in [3.8, 4) is 0 Å². The molecule has 2 fully saturated rings. The first-order valence-corrected chi connectivity index (χ1v) is 8.50. The van der Waals surface area contributed by atoms with Gasteiger partial charge >= 0.3 is 11.9 Å².